The lowest BCUT2D eigenvalue weighted by atomic mass is 10.2. The Morgan fingerprint density at radius 2 is 2.10 bits per heavy atom. The number of hydrogen-bond acceptors (Lipinski definition) is 4. The van der Waals surface area contributed by atoms with Crippen LogP contribution < -0.4 is 10.5 Å². The third-order valence-electron chi connectivity index (χ3n) is 3.22. The molecule has 2 N–H and O–H groups in total. The van der Waals surface area contributed by atoms with Gasteiger partial charge in [0.15, 0.2) is 5.58 Å². The SMILES string of the molecule is COc1cccc(/C=C\c2nc3ccc(CN)cc3o2)c1. The summed E-state index contributed by atoms with van der Waals surface area (Å²) in [6, 6.07) is 13.6. The van der Waals surface area contributed by atoms with Crippen LogP contribution in [0, 0.1) is 0 Å². The first-order valence-corrected chi connectivity index (χ1v) is 6.70. The van der Waals surface area contributed by atoms with Crippen LogP contribution in [0.15, 0.2) is 46.9 Å². The molecule has 0 aliphatic heterocycles. The summed E-state index contributed by atoms with van der Waals surface area (Å²) in [6.07, 6.45) is 3.79. The minimum absolute atomic E-state index is 0.492. The number of benzene rings is 2. The molecule has 0 aliphatic rings. The monoisotopic (exact) mass is 280 g/mol. The number of hydrogen-bond donors (Lipinski definition) is 1. The van der Waals surface area contributed by atoms with E-state index >= 15 is 0 Å². The van der Waals surface area contributed by atoms with Crippen LogP contribution in [0.5, 0.6) is 5.75 Å². The molecule has 0 saturated heterocycles. The van der Waals surface area contributed by atoms with E-state index in [0.29, 0.717) is 12.4 Å². The molecular formula is C17H16N2O2. The third-order valence-corrected chi connectivity index (χ3v) is 3.22. The maximum Gasteiger partial charge on any atom is 0.220 e. The molecule has 0 unspecified atom stereocenters. The zero-order chi connectivity index (χ0) is 14.7. The first-order chi connectivity index (χ1) is 10.3. The predicted octanol–water partition coefficient (Wildman–Crippen LogP) is 3.47. The van der Waals surface area contributed by atoms with Crippen molar-refractivity contribution in [3.05, 3.63) is 59.5 Å². The number of fused-ring (bicyclic) bond motifs is 1. The van der Waals surface area contributed by atoms with Gasteiger partial charge < -0.3 is 14.9 Å². The zero-order valence-corrected chi connectivity index (χ0v) is 11.7. The lowest BCUT2D eigenvalue weighted by Crippen LogP contribution is -1.94. The van der Waals surface area contributed by atoms with Crippen LogP contribution in [0.25, 0.3) is 23.3 Å². The van der Waals surface area contributed by atoms with Crippen molar-refractivity contribution in [1.29, 1.82) is 0 Å². The van der Waals surface area contributed by atoms with E-state index in [-0.39, 0.29) is 0 Å². The first-order valence-electron chi connectivity index (χ1n) is 6.70. The van der Waals surface area contributed by atoms with Gasteiger partial charge in [-0.15, -0.1) is 0 Å². The van der Waals surface area contributed by atoms with Crippen LogP contribution in [0.3, 0.4) is 0 Å². The molecule has 3 rings (SSSR count). The van der Waals surface area contributed by atoms with Crippen molar-refractivity contribution in [3.63, 3.8) is 0 Å². The fraction of sp³-hybridized carbons (Fsp3) is 0.118. The maximum absolute atomic E-state index is 5.70. The normalized spacial score (nSPS) is 11.3. The molecular weight excluding hydrogens is 264 g/mol. The highest BCUT2D eigenvalue weighted by atomic mass is 16.5. The van der Waals surface area contributed by atoms with Gasteiger partial charge in [0.2, 0.25) is 5.89 Å². The molecule has 1 heterocycles. The van der Waals surface area contributed by atoms with Crippen molar-refractivity contribution in [3.8, 4) is 5.75 Å². The van der Waals surface area contributed by atoms with Gasteiger partial charge in [0.1, 0.15) is 11.3 Å². The molecule has 3 aromatic rings. The molecule has 0 bridgehead atoms. The smallest absolute Gasteiger partial charge is 0.220 e. The van der Waals surface area contributed by atoms with Gasteiger partial charge in [-0.2, -0.15) is 0 Å². The number of aromatic nitrogens is 1. The van der Waals surface area contributed by atoms with Gasteiger partial charge in [-0.05, 0) is 41.5 Å². The molecule has 1 aromatic heterocycles. The summed E-state index contributed by atoms with van der Waals surface area (Å²) in [5.74, 6) is 1.39. The summed E-state index contributed by atoms with van der Waals surface area (Å²) >= 11 is 0. The molecule has 0 fully saturated rings. The third kappa shape index (κ3) is 2.95. The van der Waals surface area contributed by atoms with Crippen LogP contribution in [-0.4, -0.2) is 12.1 Å². The van der Waals surface area contributed by atoms with Crippen LogP contribution >= 0.6 is 0 Å². The van der Waals surface area contributed by atoms with Crippen molar-refractivity contribution >= 4 is 23.3 Å². The summed E-state index contributed by atoms with van der Waals surface area (Å²) in [7, 11) is 1.65. The summed E-state index contributed by atoms with van der Waals surface area (Å²) in [5, 5.41) is 0. The minimum Gasteiger partial charge on any atom is -0.497 e. The van der Waals surface area contributed by atoms with Crippen molar-refractivity contribution in [2.75, 3.05) is 7.11 Å². The Hall–Kier alpha value is -2.59. The fourth-order valence-electron chi connectivity index (χ4n) is 2.10. The molecule has 106 valence electrons. The summed E-state index contributed by atoms with van der Waals surface area (Å²) in [5.41, 5.74) is 9.26. The second kappa shape index (κ2) is 5.81. The number of rotatable bonds is 4. The van der Waals surface area contributed by atoms with E-state index in [9.17, 15) is 0 Å². The van der Waals surface area contributed by atoms with E-state index in [1.165, 1.54) is 0 Å². The number of oxazole rings is 1. The Morgan fingerprint density at radius 3 is 2.90 bits per heavy atom. The Bertz CT molecular complexity index is 790. The Labute approximate surface area is 122 Å². The highest BCUT2D eigenvalue weighted by molar-refractivity contribution is 5.76. The summed E-state index contributed by atoms with van der Waals surface area (Å²) < 4.78 is 10.9. The molecule has 4 heteroatoms. The van der Waals surface area contributed by atoms with Crippen LogP contribution in [-0.2, 0) is 6.54 Å². The minimum atomic E-state index is 0.492. The van der Waals surface area contributed by atoms with Gasteiger partial charge in [0.25, 0.3) is 0 Å². The van der Waals surface area contributed by atoms with Gasteiger partial charge in [-0.1, -0.05) is 18.2 Å². The highest BCUT2D eigenvalue weighted by Gasteiger charge is 2.03. The predicted molar refractivity (Wildman–Crippen MR) is 83.8 cm³/mol. The quantitative estimate of drug-likeness (QED) is 0.795. The molecule has 0 radical (unpaired) electrons. The molecule has 21 heavy (non-hydrogen) atoms. The van der Waals surface area contributed by atoms with E-state index in [1.54, 1.807) is 7.11 Å². The van der Waals surface area contributed by atoms with Gasteiger partial charge in [0.05, 0.1) is 7.11 Å². The molecule has 0 spiro atoms. The standard InChI is InChI=1S/C17H16N2O2/c1-20-14-4-2-3-12(9-14)6-8-17-19-15-7-5-13(11-18)10-16(15)21-17/h2-10H,11,18H2,1H3/b8-6-. The van der Waals surface area contributed by atoms with Gasteiger partial charge >= 0.3 is 0 Å². The first kappa shape index (κ1) is 13.4. The highest BCUT2D eigenvalue weighted by Crippen LogP contribution is 2.19. The number of methoxy groups -OCH3 is 1. The van der Waals surface area contributed by atoms with Crippen LogP contribution in [0.1, 0.15) is 17.0 Å². The van der Waals surface area contributed by atoms with E-state index < -0.39 is 0 Å². The zero-order valence-electron chi connectivity index (χ0n) is 11.7. The molecule has 0 saturated carbocycles. The van der Waals surface area contributed by atoms with Crippen molar-refractivity contribution in [1.82, 2.24) is 4.98 Å². The van der Waals surface area contributed by atoms with Crippen molar-refractivity contribution in [2.45, 2.75) is 6.54 Å². The summed E-state index contributed by atoms with van der Waals surface area (Å²) in [4.78, 5) is 4.42. The van der Waals surface area contributed by atoms with E-state index in [2.05, 4.69) is 4.98 Å². The van der Waals surface area contributed by atoms with Gasteiger partial charge in [-0.25, -0.2) is 4.98 Å². The largest absolute Gasteiger partial charge is 0.497 e. The second-order valence-corrected chi connectivity index (χ2v) is 4.67. The number of nitrogens with zero attached hydrogens (tertiary/aromatic N) is 1. The van der Waals surface area contributed by atoms with E-state index in [1.807, 2.05) is 54.6 Å². The van der Waals surface area contributed by atoms with Crippen molar-refractivity contribution in [2.24, 2.45) is 5.73 Å². The van der Waals surface area contributed by atoms with Crippen LogP contribution in [0.4, 0.5) is 0 Å². The fourth-order valence-corrected chi connectivity index (χ4v) is 2.10. The van der Waals surface area contributed by atoms with E-state index in [0.717, 1.165) is 28.0 Å². The maximum atomic E-state index is 5.70. The second-order valence-electron chi connectivity index (χ2n) is 4.67. The van der Waals surface area contributed by atoms with Gasteiger partial charge in [-0.3, -0.25) is 0 Å². The summed E-state index contributed by atoms with van der Waals surface area (Å²) in [6.45, 7) is 0.492. The van der Waals surface area contributed by atoms with E-state index in [4.69, 9.17) is 14.9 Å². The number of nitrogens with two attached hydrogens (primary N) is 1. The molecule has 2 aromatic carbocycles. The number of ether oxygens (including phenoxy) is 1. The lowest BCUT2D eigenvalue weighted by Gasteiger charge is -1.99. The Kier molecular flexibility index (Phi) is 3.71. The average molecular weight is 280 g/mol. The molecule has 0 aliphatic carbocycles. The van der Waals surface area contributed by atoms with Crippen molar-refractivity contribution < 1.29 is 9.15 Å². The molecule has 4 nitrogen and oxygen atoms in total. The topological polar surface area (TPSA) is 61.3 Å². The molecule has 0 amide bonds. The Morgan fingerprint density at radius 1 is 1.19 bits per heavy atom. The molecule has 0 atom stereocenters. The lowest BCUT2D eigenvalue weighted by molar-refractivity contribution is 0.414. The average Bonchev–Trinajstić information content (AvgIpc) is 2.95. The Balaban J connectivity index is 1.88. The van der Waals surface area contributed by atoms with Gasteiger partial charge in [0, 0.05) is 12.6 Å². The van der Waals surface area contributed by atoms with Crippen LogP contribution in [0.2, 0.25) is 0 Å².